The van der Waals surface area contributed by atoms with E-state index in [-0.39, 0.29) is 5.91 Å². The lowest BCUT2D eigenvalue weighted by Crippen LogP contribution is -2.37. The maximum absolute atomic E-state index is 11.7. The topological polar surface area (TPSA) is 48.5 Å². The Bertz CT molecular complexity index is 389. The number of carbonyl (C=O) groups excluding carboxylic acids is 1. The third kappa shape index (κ3) is 4.87. The van der Waals surface area contributed by atoms with Gasteiger partial charge < -0.3 is 15.1 Å². The number of anilines is 1. The van der Waals surface area contributed by atoms with Gasteiger partial charge in [0.25, 0.3) is 0 Å². The van der Waals surface area contributed by atoms with Gasteiger partial charge in [0, 0.05) is 33.4 Å². The van der Waals surface area contributed by atoms with Gasteiger partial charge in [0.05, 0.1) is 6.54 Å². The maximum Gasteiger partial charge on any atom is 0.241 e. The summed E-state index contributed by atoms with van der Waals surface area (Å²) in [5, 5.41) is 3.26. The molecule has 1 aromatic heterocycles. The summed E-state index contributed by atoms with van der Waals surface area (Å²) in [7, 11) is 3.53. The Morgan fingerprint density at radius 1 is 1.32 bits per heavy atom. The second-order valence-electron chi connectivity index (χ2n) is 4.61. The molecule has 1 heterocycles. The first-order chi connectivity index (χ1) is 9.08. The number of nitrogens with one attached hydrogen (secondary N) is 1. The van der Waals surface area contributed by atoms with Crippen LogP contribution in [0.15, 0.2) is 18.3 Å². The molecule has 0 atom stereocenters. The highest BCUT2D eigenvalue weighted by Gasteiger charge is 2.12. The molecular weight excluding hydrogens is 240 g/mol. The molecule has 0 bridgehead atoms. The summed E-state index contributed by atoms with van der Waals surface area (Å²) in [5.74, 6) is 0.929. The van der Waals surface area contributed by atoms with Gasteiger partial charge in [-0.15, -0.1) is 0 Å². The molecule has 0 radical (unpaired) electrons. The third-order valence-corrected chi connectivity index (χ3v) is 2.92. The minimum absolute atomic E-state index is 0.0837. The minimum atomic E-state index is 0.0837. The van der Waals surface area contributed by atoms with Crippen LogP contribution in [-0.4, -0.2) is 49.5 Å². The van der Waals surface area contributed by atoms with Crippen LogP contribution >= 0.6 is 0 Å². The van der Waals surface area contributed by atoms with Crippen LogP contribution in [0.2, 0.25) is 0 Å². The lowest BCUT2D eigenvalue weighted by molar-refractivity contribution is -0.127. The average Bonchev–Trinajstić information content (AvgIpc) is 2.42. The van der Waals surface area contributed by atoms with Crippen molar-refractivity contribution in [1.29, 1.82) is 0 Å². The van der Waals surface area contributed by atoms with Gasteiger partial charge >= 0.3 is 0 Å². The Balaban J connectivity index is 2.68. The quantitative estimate of drug-likeness (QED) is 0.801. The summed E-state index contributed by atoms with van der Waals surface area (Å²) in [6, 6.07) is 4.02. The van der Waals surface area contributed by atoms with Gasteiger partial charge in [-0.1, -0.05) is 13.0 Å². The van der Waals surface area contributed by atoms with Gasteiger partial charge in [-0.05, 0) is 25.1 Å². The van der Waals surface area contributed by atoms with Crippen molar-refractivity contribution in [3.8, 4) is 0 Å². The van der Waals surface area contributed by atoms with Crippen molar-refractivity contribution in [2.75, 3.05) is 38.6 Å². The van der Waals surface area contributed by atoms with E-state index < -0.39 is 0 Å². The fourth-order valence-electron chi connectivity index (χ4n) is 1.64. The van der Waals surface area contributed by atoms with Crippen LogP contribution in [-0.2, 0) is 11.3 Å². The second-order valence-corrected chi connectivity index (χ2v) is 4.61. The first-order valence-electron chi connectivity index (χ1n) is 6.69. The lowest BCUT2D eigenvalue weighted by Gasteiger charge is -2.23. The van der Waals surface area contributed by atoms with Gasteiger partial charge in [0.15, 0.2) is 0 Å². The molecule has 0 fully saturated rings. The number of carbonyl (C=O) groups is 1. The van der Waals surface area contributed by atoms with E-state index in [9.17, 15) is 4.79 Å². The fraction of sp³-hybridized carbons (Fsp3) is 0.571. The van der Waals surface area contributed by atoms with Crippen LogP contribution < -0.4 is 10.2 Å². The molecule has 0 aliphatic carbocycles. The maximum atomic E-state index is 11.7. The highest BCUT2D eigenvalue weighted by molar-refractivity contribution is 5.80. The molecule has 1 amide bonds. The molecule has 0 aromatic carbocycles. The summed E-state index contributed by atoms with van der Waals surface area (Å²) in [4.78, 5) is 19.7. The van der Waals surface area contributed by atoms with Crippen LogP contribution in [0.5, 0.6) is 0 Å². The van der Waals surface area contributed by atoms with Crippen molar-refractivity contribution in [3.05, 3.63) is 23.9 Å². The molecule has 1 aromatic rings. The molecule has 5 nitrogen and oxygen atoms in total. The highest BCUT2D eigenvalue weighted by atomic mass is 16.2. The SMILES string of the molecule is CCNCc1ccc(N(CC)CC(=O)N(C)C)nc1. The standard InChI is InChI=1S/C14H24N4O/c1-5-15-9-12-7-8-13(16-10-12)18(6-2)11-14(19)17(3)4/h7-8,10,15H,5-6,9,11H2,1-4H3. The predicted molar refractivity (Wildman–Crippen MR) is 78.2 cm³/mol. The van der Waals surface area contributed by atoms with Gasteiger partial charge in [-0.2, -0.15) is 0 Å². The molecule has 106 valence electrons. The van der Waals surface area contributed by atoms with E-state index >= 15 is 0 Å². The van der Waals surface area contributed by atoms with E-state index in [4.69, 9.17) is 0 Å². The zero-order valence-electron chi connectivity index (χ0n) is 12.3. The number of pyridine rings is 1. The van der Waals surface area contributed by atoms with Crippen molar-refractivity contribution in [2.45, 2.75) is 20.4 Å². The van der Waals surface area contributed by atoms with E-state index in [0.717, 1.165) is 31.0 Å². The Morgan fingerprint density at radius 2 is 2.05 bits per heavy atom. The smallest absolute Gasteiger partial charge is 0.241 e. The number of nitrogens with zero attached hydrogens (tertiary/aromatic N) is 3. The largest absolute Gasteiger partial charge is 0.348 e. The number of rotatable bonds is 7. The summed E-state index contributed by atoms with van der Waals surface area (Å²) >= 11 is 0. The van der Waals surface area contributed by atoms with E-state index in [0.29, 0.717) is 6.54 Å². The Kier molecular flexibility index (Phi) is 6.29. The van der Waals surface area contributed by atoms with Crippen molar-refractivity contribution >= 4 is 11.7 Å². The molecular formula is C14H24N4O. The van der Waals surface area contributed by atoms with Crippen LogP contribution in [0, 0.1) is 0 Å². The predicted octanol–water partition coefficient (Wildman–Crippen LogP) is 1.11. The average molecular weight is 264 g/mol. The Hall–Kier alpha value is -1.62. The summed E-state index contributed by atoms with van der Waals surface area (Å²) in [6.07, 6.45) is 1.86. The van der Waals surface area contributed by atoms with Crippen molar-refractivity contribution in [3.63, 3.8) is 0 Å². The second kappa shape index (κ2) is 7.74. The van der Waals surface area contributed by atoms with Crippen molar-refractivity contribution < 1.29 is 4.79 Å². The van der Waals surface area contributed by atoms with Crippen molar-refractivity contribution in [2.24, 2.45) is 0 Å². The molecule has 5 heteroatoms. The van der Waals surface area contributed by atoms with Gasteiger partial charge in [-0.3, -0.25) is 4.79 Å². The Morgan fingerprint density at radius 3 is 2.53 bits per heavy atom. The number of hydrogen-bond donors (Lipinski definition) is 1. The summed E-state index contributed by atoms with van der Waals surface area (Å²) in [6.45, 7) is 7.00. The molecule has 0 unspecified atom stereocenters. The van der Waals surface area contributed by atoms with E-state index in [1.165, 1.54) is 0 Å². The fourth-order valence-corrected chi connectivity index (χ4v) is 1.64. The molecule has 0 spiro atoms. The van der Waals surface area contributed by atoms with Crippen molar-refractivity contribution in [1.82, 2.24) is 15.2 Å². The molecule has 0 aliphatic heterocycles. The normalized spacial score (nSPS) is 10.3. The van der Waals surface area contributed by atoms with Crippen LogP contribution in [0.3, 0.4) is 0 Å². The van der Waals surface area contributed by atoms with Crippen LogP contribution in [0.25, 0.3) is 0 Å². The monoisotopic (exact) mass is 264 g/mol. The molecule has 0 aliphatic rings. The third-order valence-electron chi connectivity index (χ3n) is 2.92. The zero-order valence-corrected chi connectivity index (χ0v) is 12.3. The van der Waals surface area contributed by atoms with Gasteiger partial charge in [0.2, 0.25) is 5.91 Å². The van der Waals surface area contributed by atoms with E-state index in [1.54, 1.807) is 19.0 Å². The number of amides is 1. The summed E-state index contributed by atoms with van der Waals surface area (Å²) < 4.78 is 0. The number of hydrogen-bond acceptors (Lipinski definition) is 4. The molecule has 0 saturated carbocycles. The van der Waals surface area contributed by atoms with E-state index in [2.05, 4.69) is 17.2 Å². The zero-order chi connectivity index (χ0) is 14.3. The van der Waals surface area contributed by atoms with Crippen LogP contribution in [0.4, 0.5) is 5.82 Å². The summed E-state index contributed by atoms with van der Waals surface area (Å²) in [5.41, 5.74) is 1.15. The first kappa shape index (κ1) is 15.4. The number of likely N-dealkylation sites (N-methyl/N-ethyl adjacent to an activating group) is 2. The van der Waals surface area contributed by atoms with E-state index in [1.807, 2.05) is 30.2 Å². The molecule has 1 N–H and O–H groups in total. The molecule has 19 heavy (non-hydrogen) atoms. The lowest BCUT2D eigenvalue weighted by atomic mass is 10.2. The minimum Gasteiger partial charge on any atom is -0.348 e. The first-order valence-corrected chi connectivity index (χ1v) is 6.69. The number of aromatic nitrogens is 1. The highest BCUT2D eigenvalue weighted by Crippen LogP contribution is 2.11. The van der Waals surface area contributed by atoms with Gasteiger partial charge in [-0.25, -0.2) is 4.98 Å². The Labute approximate surface area is 115 Å². The van der Waals surface area contributed by atoms with Crippen LogP contribution in [0.1, 0.15) is 19.4 Å². The molecule has 1 rings (SSSR count). The molecule has 0 saturated heterocycles. The van der Waals surface area contributed by atoms with Gasteiger partial charge in [0.1, 0.15) is 5.82 Å².